The first-order valence-electron chi connectivity index (χ1n) is 10.3. The largest absolute Gasteiger partial charge is 0.356 e. The average molecular weight is 363 g/mol. The molecule has 138 valence electrons. The summed E-state index contributed by atoms with van der Waals surface area (Å²) in [6.45, 7) is 2.23. The Bertz CT molecular complexity index is 557. The van der Waals surface area contributed by atoms with E-state index in [9.17, 15) is 9.59 Å². The lowest BCUT2D eigenvalue weighted by Crippen LogP contribution is -2.49. The second-order valence-corrected chi connectivity index (χ2v) is 11.0. The molecule has 0 aromatic heterocycles. The van der Waals surface area contributed by atoms with Crippen LogP contribution in [0.15, 0.2) is 0 Å². The molecule has 2 amide bonds. The predicted molar refractivity (Wildman–Crippen MR) is 99.2 cm³/mol. The van der Waals surface area contributed by atoms with Gasteiger partial charge in [0.2, 0.25) is 11.8 Å². The third kappa shape index (κ3) is 2.81. The Balaban J connectivity index is 1.20. The van der Waals surface area contributed by atoms with Gasteiger partial charge in [0.25, 0.3) is 0 Å². The third-order valence-electron chi connectivity index (χ3n) is 7.79. The number of likely N-dealkylation sites (tertiary alicyclic amines) is 1. The average Bonchev–Trinajstić information content (AvgIpc) is 3.00. The minimum absolute atomic E-state index is 0.183. The van der Waals surface area contributed by atoms with Crippen molar-refractivity contribution >= 4 is 23.6 Å². The van der Waals surface area contributed by atoms with E-state index in [4.69, 9.17) is 0 Å². The van der Waals surface area contributed by atoms with Gasteiger partial charge in [-0.25, -0.2) is 0 Å². The maximum atomic E-state index is 12.8. The van der Waals surface area contributed by atoms with E-state index in [2.05, 4.69) is 5.32 Å². The molecule has 4 aliphatic carbocycles. The molecule has 2 aliphatic heterocycles. The van der Waals surface area contributed by atoms with Gasteiger partial charge >= 0.3 is 0 Å². The van der Waals surface area contributed by atoms with Gasteiger partial charge in [-0.2, -0.15) is 0 Å². The molecule has 6 aliphatic rings. The van der Waals surface area contributed by atoms with Gasteiger partial charge in [-0.3, -0.25) is 9.59 Å². The number of hydrogen-bond donors (Lipinski definition) is 1. The van der Waals surface area contributed by atoms with Crippen molar-refractivity contribution < 1.29 is 9.59 Å². The summed E-state index contributed by atoms with van der Waals surface area (Å²) in [4.78, 5) is 27.1. The summed E-state index contributed by atoms with van der Waals surface area (Å²) in [5.41, 5.74) is -0.279. The van der Waals surface area contributed by atoms with Crippen LogP contribution in [-0.2, 0) is 9.59 Å². The van der Waals surface area contributed by atoms with E-state index in [-0.39, 0.29) is 17.2 Å². The second kappa shape index (κ2) is 5.90. The van der Waals surface area contributed by atoms with E-state index in [1.54, 1.807) is 0 Å². The molecule has 4 nitrogen and oxygen atoms in total. The smallest absolute Gasteiger partial charge is 0.232 e. The highest BCUT2D eigenvalue weighted by Gasteiger charge is 2.52. The highest BCUT2D eigenvalue weighted by atomic mass is 32.2. The lowest BCUT2D eigenvalue weighted by Gasteiger charge is -2.56. The van der Waals surface area contributed by atoms with Crippen molar-refractivity contribution in [1.29, 1.82) is 0 Å². The van der Waals surface area contributed by atoms with Gasteiger partial charge in [-0.15, -0.1) is 11.8 Å². The maximum absolute atomic E-state index is 12.8. The molecule has 0 aromatic rings. The highest BCUT2D eigenvalue weighted by Crippen LogP contribution is 2.60. The zero-order valence-corrected chi connectivity index (χ0v) is 15.9. The van der Waals surface area contributed by atoms with E-state index in [1.807, 2.05) is 16.7 Å². The van der Waals surface area contributed by atoms with Crippen molar-refractivity contribution in [2.45, 2.75) is 62.5 Å². The van der Waals surface area contributed by atoms with Crippen LogP contribution in [0.5, 0.6) is 0 Å². The number of piperidine rings is 1. The fourth-order valence-corrected chi connectivity index (χ4v) is 8.59. The molecule has 1 N–H and O–H groups in total. The standard InChI is InChI=1S/C20H30N2O2S/c23-17(22-5-3-19(13-22)2-1-4-21-18(19)24)12-25-20-9-14-6-15(10-20)8-16(7-14)11-20/h14-16H,1-13H2,(H,21,24)/t14?,15?,16?,19-,20?/m1/s1. The molecule has 0 unspecified atom stereocenters. The molecule has 25 heavy (non-hydrogen) atoms. The summed E-state index contributed by atoms with van der Waals surface area (Å²) < 4.78 is 0.407. The first kappa shape index (κ1) is 16.5. The fourth-order valence-electron chi connectivity index (χ4n) is 6.92. The monoisotopic (exact) mass is 362 g/mol. The summed E-state index contributed by atoms with van der Waals surface area (Å²) >= 11 is 1.97. The van der Waals surface area contributed by atoms with Crippen LogP contribution in [0.2, 0.25) is 0 Å². The van der Waals surface area contributed by atoms with E-state index >= 15 is 0 Å². The molecule has 5 heteroatoms. The minimum atomic E-state index is -0.279. The van der Waals surface area contributed by atoms with Gasteiger partial charge in [0, 0.05) is 24.4 Å². The third-order valence-corrected chi connectivity index (χ3v) is 9.29. The summed E-state index contributed by atoms with van der Waals surface area (Å²) in [5.74, 6) is 3.91. The zero-order valence-electron chi connectivity index (χ0n) is 15.1. The molecule has 0 aromatic carbocycles. The van der Waals surface area contributed by atoms with Gasteiger partial charge in [0.05, 0.1) is 11.2 Å². The molecule has 1 atom stereocenters. The molecule has 2 saturated heterocycles. The molecular formula is C20H30N2O2S. The minimum Gasteiger partial charge on any atom is -0.356 e. The van der Waals surface area contributed by atoms with Crippen LogP contribution in [0.25, 0.3) is 0 Å². The molecule has 4 saturated carbocycles. The van der Waals surface area contributed by atoms with Crippen LogP contribution in [0.1, 0.15) is 57.8 Å². The Morgan fingerprint density at radius 1 is 1.12 bits per heavy atom. The normalized spacial score (nSPS) is 45.2. The number of thioether (sulfide) groups is 1. The first-order valence-corrected chi connectivity index (χ1v) is 11.2. The molecule has 6 fully saturated rings. The van der Waals surface area contributed by atoms with Crippen molar-refractivity contribution in [3.05, 3.63) is 0 Å². The lowest BCUT2D eigenvalue weighted by molar-refractivity contribution is -0.134. The summed E-state index contributed by atoms with van der Waals surface area (Å²) in [6, 6.07) is 0. The molecule has 2 heterocycles. The number of carbonyl (C=O) groups excluding carboxylic acids is 2. The number of rotatable bonds is 3. The molecular weight excluding hydrogens is 332 g/mol. The Labute approximate surface area is 154 Å². The highest BCUT2D eigenvalue weighted by molar-refractivity contribution is 8.01. The van der Waals surface area contributed by atoms with Crippen molar-refractivity contribution in [2.75, 3.05) is 25.4 Å². The van der Waals surface area contributed by atoms with E-state index in [1.165, 1.54) is 38.5 Å². The van der Waals surface area contributed by atoms with Crippen molar-refractivity contribution in [2.24, 2.45) is 23.2 Å². The van der Waals surface area contributed by atoms with Gasteiger partial charge < -0.3 is 10.2 Å². The van der Waals surface area contributed by atoms with Crippen LogP contribution >= 0.6 is 11.8 Å². The molecule has 4 bridgehead atoms. The topological polar surface area (TPSA) is 49.4 Å². The zero-order chi connectivity index (χ0) is 17.1. The van der Waals surface area contributed by atoms with Gasteiger partial charge in [-0.1, -0.05) is 0 Å². The fraction of sp³-hybridized carbons (Fsp3) is 0.900. The first-order chi connectivity index (χ1) is 12.1. The van der Waals surface area contributed by atoms with Crippen LogP contribution in [0.3, 0.4) is 0 Å². The number of nitrogens with zero attached hydrogens (tertiary/aromatic N) is 1. The van der Waals surface area contributed by atoms with Crippen LogP contribution in [0, 0.1) is 23.2 Å². The summed E-state index contributed by atoms with van der Waals surface area (Å²) in [7, 11) is 0. The van der Waals surface area contributed by atoms with Crippen molar-refractivity contribution in [3.8, 4) is 0 Å². The van der Waals surface area contributed by atoms with Crippen molar-refractivity contribution in [3.63, 3.8) is 0 Å². The van der Waals surface area contributed by atoms with Crippen LogP contribution < -0.4 is 5.32 Å². The van der Waals surface area contributed by atoms with Crippen molar-refractivity contribution in [1.82, 2.24) is 10.2 Å². The number of carbonyl (C=O) groups is 2. The summed E-state index contributed by atoms with van der Waals surface area (Å²) in [5, 5.41) is 3.01. The van der Waals surface area contributed by atoms with Crippen LogP contribution in [-0.4, -0.2) is 46.8 Å². The number of amides is 2. The predicted octanol–water partition coefficient (Wildman–Crippen LogP) is 2.82. The molecule has 0 radical (unpaired) electrons. The van der Waals surface area contributed by atoms with Gasteiger partial charge in [0.1, 0.15) is 0 Å². The van der Waals surface area contributed by atoms with E-state index in [0.29, 0.717) is 17.0 Å². The van der Waals surface area contributed by atoms with Crippen LogP contribution in [0.4, 0.5) is 0 Å². The molecule has 6 rings (SSSR count). The van der Waals surface area contributed by atoms with E-state index in [0.717, 1.165) is 50.1 Å². The Morgan fingerprint density at radius 3 is 2.44 bits per heavy atom. The van der Waals surface area contributed by atoms with Gasteiger partial charge in [-0.05, 0) is 75.5 Å². The Hall–Kier alpha value is -0.710. The number of hydrogen-bond acceptors (Lipinski definition) is 3. The second-order valence-electron chi connectivity index (χ2n) is 9.59. The Morgan fingerprint density at radius 2 is 1.80 bits per heavy atom. The van der Waals surface area contributed by atoms with E-state index < -0.39 is 0 Å². The number of nitrogens with one attached hydrogen (secondary N) is 1. The Kier molecular flexibility index (Phi) is 3.88. The lowest BCUT2D eigenvalue weighted by atomic mass is 9.56. The van der Waals surface area contributed by atoms with Gasteiger partial charge in [0.15, 0.2) is 0 Å². The SMILES string of the molecule is O=C(CSC12CC3CC(CC(C3)C1)C2)N1CC[C@]2(CCCNC2=O)C1. The summed E-state index contributed by atoms with van der Waals surface area (Å²) in [6.07, 6.45) is 11.3. The molecule has 1 spiro atoms. The maximum Gasteiger partial charge on any atom is 0.232 e. The quantitative estimate of drug-likeness (QED) is 0.840.